The van der Waals surface area contributed by atoms with E-state index in [0.717, 1.165) is 0 Å². The molecule has 9 heteroatoms. The van der Waals surface area contributed by atoms with Crippen molar-refractivity contribution in [3.63, 3.8) is 0 Å². The Kier molecular flexibility index (Phi) is 4.79. The number of ether oxygens (including phenoxy) is 2. The van der Waals surface area contributed by atoms with Gasteiger partial charge in [0, 0.05) is 18.7 Å². The number of amides is 2. The Morgan fingerprint density at radius 2 is 1.79 bits per heavy atom. The first-order valence-corrected chi connectivity index (χ1v) is 8.77. The number of hydrazine groups is 1. The van der Waals surface area contributed by atoms with E-state index in [1.54, 1.807) is 36.4 Å². The average molecular weight is 382 g/mol. The molecule has 1 saturated heterocycles. The largest absolute Gasteiger partial charge is 0.493 e. The Labute approximate surface area is 160 Å². The molecule has 0 radical (unpaired) electrons. The summed E-state index contributed by atoms with van der Waals surface area (Å²) in [6, 6.07) is 12.0. The molecule has 0 bridgehead atoms. The number of carbonyl (C=O) groups excluding carboxylic acids is 2. The van der Waals surface area contributed by atoms with Crippen molar-refractivity contribution >= 4 is 22.8 Å². The Bertz CT molecular complexity index is 1020. The van der Waals surface area contributed by atoms with Crippen LogP contribution in [0.15, 0.2) is 47.1 Å². The van der Waals surface area contributed by atoms with E-state index in [-0.39, 0.29) is 18.4 Å². The van der Waals surface area contributed by atoms with Crippen LogP contribution in [0.3, 0.4) is 0 Å². The predicted octanol–water partition coefficient (Wildman–Crippen LogP) is 1.90. The second-order valence-corrected chi connectivity index (χ2v) is 6.21. The van der Waals surface area contributed by atoms with Crippen molar-refractivity contribution in [1.29, 1.82) is 0 Å². The van der Waals surface area contributed by atoms with Gasteiger partial charge in [0.25, 0.3) is 11.8 Å². The smallest absolute Gasteiger partial charge is 0.279 e. The third-order valence-electron chi connectivity index (χ3n) is 4.47. The van der Waals surface area contributed by atoms with Gasteiger partial charge < -0.3 is 9.47 Å². The molecule has 0 saturated carbocycles. The fourth-order valence-corrected chi connectivity index (χ4v) is 3.10. The molecule has 1 aliphatic heterocycles. The first-order valence-electron chi connectivity index (χ1n) is 8.77. The highest BCUT2D eigenvalue weighted by atomic mass is 16.6. The normalized spacial score (nSPS) is 13.8. The Morgan fingerprint density at radius 1 is 1.04 bits per heavy atom. The molecule has 0 aliphatic carbocycles. The molecule has 1 aliphatic rings. The van der Waals surface area contributed by atoms with Crippen molar-refractivity contribution in [2.75, 3.05) is 26.8 Å². The van der Waals surface area contributed by atoms with Crippen LogP contribution in [0.2, 0.25) is 0 Å². The van der Waals surface area contributed by atoms with Crippen LogP contribution in [0, 0.1) is 0 Å². The number of para-hydroxylation sites is 2. The lowest BCUT2D eigenvalue weighted by molar-refractivity contribution is -0.142. The molecule has 28 heavy (non-hydrogen) atoms. The summed E-state index contributed by atoms with van der Waals surface area (Å²) in [6.45, 7) is 0.707. The molecule has 1 aromatic heterocycles. The van der Waals surface area contributed by atoms with Gasteiger partial charge in [0.1, 0.15) is 11.0 Å². The number of rotatable bonds is 5. The second-order valence-electron chi connectivity index (χ2n) is 6.21. The molecule has 3 aromatic rings. The molecular weight excluding hydrogens is 364 g/mol. The van der Waals surface area contributed by atoms with Gasteiger partial charge in [-0.2, -0.15) is 0 Å². The van der Waals surface area contributed by atoms with Crippen molar-refractivity contribution in [3.05, 3.63) is 48.0 Å². The van der Waals surface area contributed by atoms with Crippen LogP contribution in [-0.4, -0.2) is 59.0 Å². The van der Waals surface area contributed by atoms with E-state index < -0.39 is 0 Å². The molecule has 9 nitrogen and oxygen atoms in total. The maximum Gasteiger partial charge on any atom is 0.279 e. The summed E-state index contributed by atoms with van der Waals surface area (Å²) in [7, 11) is 1.53. The zero-order chi connectivity index (χ0) is 19.5. The average Bonchev–Trinajstić information content (AvgIpc) is 3.40. The van der Waals surface area contributed by atoms with Crippen molar-refractivity contribution in [3.8, 4) is 11.5 Å². The van der Waals surface area contributed by atoms with Crippen LogP contribution in [0.25, 0.3) is 11.0 Å². The molecule has 0 spiro atoms. The van der Waals surface area contributed by atoms with Gasteiger partial charge in [-0.3, -0.25) is 9.59 Å². The van der Waals surface area contributed by atoms with Crippen LogP contribution >= 0.6 is 0 Å². The molecule has 0 unspecified atom stereocenters. The molecule has 2 aromatic carbocycles. The molecular formula is C19H18N4O5. The van der Waals surface area contributed by atoms with Gasteiger partial charge in [-0.1, -0.05) is 12.1 Å². The van der Waals surface area contributed by atoms with E-state index >= 15 is 0 Å². The van der Waals surface area contributed by atoms with Crippen molar-refractivity contribution in [2.24, 2.45) is 0 Å². The third-order valence-corrected chi connectivity index (χ3v) is 4.47. The quantitative estimate of drug-likeness (QED) is 0.665. The number of fused-ring (bicyclic) bond motifs is 1. The summed E-state index contributed by atoms with van der Waals surface area (Å²) in [5.41, 5.74) is 1.46. The highest BCUT2D eigenvalue weighted by Gasteiger charge is 2.31. The standard InChI is InChI=1S/C19H18N4O5/c1-26-16-5-2-3-6-17(16)27-12-18(24)22-9-4-10-23(22)19(25)13-7-8-14-15(11-13)21-28-20-14/h2-3,5-8,11H,4,9-10,12H2,1H3. The highest BCUT2D eigenvalue weighted by Crippen LogP contribution is 2.26. The fourth-order valence-electron chi connectivity index (χ4n) is 3.10. The van der Waals surface area contributed by atoms with Crippen molar-refractivity contribution < 1.29 is 23.7 Å². The molecule has 0 N–H and O–H groups in total. The number of carbonyl (C=O) groups is 2. The summed E-state index contributed by atoms with van der Waals surface area (Å²) >= 11 is 0. The minimum atomic E-state index is -0.305. The molecule has 1 fully saturated rings. The van der Waals surface area contributed by atoms with Crippen molar-refractivity contribution in [1.82, 2.24) is 20.3 Å². The van der Waals surface area contributed by atoms with E-state index in [1.165, 1.54) is 17.1 Å². The van der Waals surface area contributed by atoms with Crippen LogP contribution in [0.1, 0.15) is 16.8 Å². The summed E-state index contributed by atoms with van der Waals surface area (Å²) < 4.78 is 15.5. The van der Waals surface area contributed by atoms with Gasteiger partial charge in [0.05, 0.1) is 7.11 Å². The number of aromatic nitrogens is 2. The monoisotopic (exact) mass is 382 g/mol. The minimum absolute atomic E-state index is 0.198. The van der Waals surface area contributed by atoms with Gasteiger partial charge in [0.15, 0.2) is 18.1 Å². The van der Waals surface area contributed by atoms with Gasteiger partial charge >= 0.3 is 0 Å². The first-order chi connectivity index (χ1) is 13.7. The number of hydrogen-bond donors (Lipinski definition) is 0. The maximum absolute atomic E-state index is 12.9. The molecule has 4 rings (SSSR count). The van der Waals surface area contributed by atoms with E-state index in [9.17, 15) is 9.59 Å². The lowest BCUT2D eigenvalue weighted by atomic mass is 10.2. The van der Waals surface area contributed by atoms with E-state index in [2.05, 4.69) is 14.9 Å². The summed E-state index contributed by atoms with van der Waals surface area (Å²) in [5.74, 6) is 0.424. The van der Waals surface area contributed by atoms with E-state index in [4.69, 9.17) is 9.47 Å². The number of hydrogen-bond acceptors (Lipinski definition) is 7. The Morgan fingerprint density at radius 3 is 2.61 bits per heavy atom. The second kappa shape index (κ2) is 7.55. The first kappa shape index (κ1) is 17.8. The molecule has 0 atom stereocenters. The molecule has 2 amide bonds. The maximum atomic E-state index is 12.9. The van der Waals surface area contributed by atoms with Crippen LogP contribution in [0.5, 0.6) is 11.5 Å². The van der Waals surface area contributed by atoms with E-state index in [1.807, 2.05) is 6.07 Å². The van der Waals surface area contributed by atoms with Crippen LogP contribution < -0.4 is 9.47 Å². The van der Waals surface area contributed by atoms with Gasteiger partial charge in [-0.15, -0.1) is 0 Å². The number of benzene rings is 2. The number of methoxy groups -OCH3 is 1. The lowest BCUT2D eigenvalue weighted by Gasteiger charge is -2.28. The molecule has 144 valence electrons. The summed E-state index contributed by atoms with van der Waals surface area (Å²) in [4.78, 5) is 25.6. The third kappa shape index (κ3) is 3.34. The Hall–Kier alpha value is -3.62. The summed E-state index contributed by atoms with van der Waals surface area (Å²) in [6.07, 6.45) is 0.694. The fraction of sp³-hybridized carbons (Fsp3) is 0.263. The van der Waals surface area contributed by atoms with Crippen LogP contribution in [-0.2, 0) is 4.79 Å². The lowest BCUT2D eigenvalue weighted by Crippen LogP contribution is -2.46. The van der Waals surface area contributed by atoms with Gasteiger partial charge in [-0.25, -0.2) is 14.6 Å². The van der Waals surface area contributed by atoms with Gasteiger partial charge in [0.2, 0.25) is 0 Å². The highest BCUT2D eigenvalue weighted by molar-refractivity contribution is 5.98. The zero-order valence-corrected chi connectivity index (χ0v) is 15.2. The SMILES string of the molecule is COc1ccccc1OCC(=O)N1CCCN1C(=O)c1ccc2nonc2c1. The Balaban J connectivity index is 1.46. The number of nitrogens with zero attached hydrogens (tertiary/aromatic N) is 4. The minimum Gasteiger partial charge on any atom is -0.493 e. The zero-order valence-electron chi connectivity index (χ0n) is 15.2. The predicted molar refractivity (Wildman–Crippen MR) is 97.7 cm³/mol. The summed E-state index contributed by atoms with van der Waals surface area (Å²) in [5, 5.41) is 10.3. The van der Waals surface area contributed by atoms with Crippen molar-refractivity contribution in [2.45, 2.75) is 6.42 Å². The van der Waals surface area contributed by atoms with Gasteiger partial charge in [-0.05, 0) is 47.1 Å². The topological polar surface area (TPSA) is 98.0 Å². The van der Waals surface area contributed by atoms with E-state index in [0.29, 0.717) is 47.6 Å². The van der Waals surface area contributed by atoms with Crippen LogP contribution in [0.4, 0.5) is 0 Å². The molecule has 2 heterocycles.